The van der Waals surface area contributed by atoms with Crippen LogP contribution >= 0.6 is 0 Å². The van der Waals surface area contributed by atoms with Gasteiger partial charge < -0.3 is 15.5 Å². The third kappa shape index (κ3) is 5.75. The van der Waals surface area contributed by atoms with E-state index in [9.17, 15) is 14.4 Å². The maximum atomic E-state index is 13.0. The van der Waals surface area contributed by atoms with Gasteiger partial charge in [0.25, 0.3) is 5.56 Å². The zero-order valence-electron chi connectivity index (χ0n) is 18.2. The van der Waals surface area contributed by atoms with Crippen molar-refractivity contribution in [3.63, 3.8) is 0 Å². The molecule has 0 spiro atoms. The Bertz CT molecular complexity index is 936. The molecule has 164 valence electrons. The Balaban J connectivity index is 2.37. The highest BCUT2D eigenvalue weighted by Gasteiger charge is 2.22. The molecule has 8 nitrogen and oxygen atoms in total. The van der Waals surface area contributed by atoms with Crippen LogP contribution in [0.25, 0.3) is 0 Å². The number of unbranched alkanes of at least 4 members (excludes halogenated alkanes) is 3. The van der Waals surface area contributed by atoms with E-state index in [1.54, 1.807) is 16.8 Å². The zero-order chi connectivity index (χ0) is 22.1. The van der Waals surface area contributed by atoms with Crippen molar-refractivity contribution >= 4 is 23.1 Å². The fourth-order valence-electron chi connectivity index (χ4n) is 3.31. The van der Waals surface area contributed by atoms with E-state index in [1.165, 1.54) is 4.57 Å². The average Bonchev–Trinajstić information content (AvgIpc) is 2.73. The van der Waals surface area contributed by atoms with Gasteiger partial charge in [0.2, 0.25) is 5.91 Å². The summed E-state index contributed by atoms with van der Waals surface area (Å²) in [6, 6.07) is 9.32. The van der Waals surface area contributed by atoms with Crippen molar-refractivity contribution in [2.24, 2.45) is 0 Å². The first-order chi connectivity index (χ1) is 14.4. The number of nitrogen functional groups attached to an aromatic ring is 1. The van der Waals surface area contributed by atoms with E-state index >= 15 is 0 Å². The Labute approximate surface area is 177 Å². The molecule has 1 amide bonds. The normalized spacial score (nSPS) is 10.8. The minimum atomic E-state index is -0.558. The summed E-state index contributed by atoms with van der Waals surface area (Å²) in [5.41, 5.74) is 6.15. The third-order valence-electron chi connectivity index (χ3n) is 5.14. The quantitative estimate of drug-likeness (QED) is 0.549. The van der Waals surface area contributed by atoms with Crippen molar-refractivity contribution in [1.29, 1.82) is 0 Å². The molecular formula is C22H33N5O3. The van der Waals surface area contributed by atoms with E-state index < -0.39 is 11.2 Å². The van der Waals surface area contributed by atoms with Crippen molar-refractivity contribution in [2.75, 3.05) is 35.7 Å². The van der Waals surface area contributed by atoms with Crippen molar-refractivity contribution in [3.8, 4) is 0 Å². The summed E-state index contributed by atoms with van der Waals surface area (Å²) in [5.74, 6) is -0.0494. The number of hydrogen-bond donors (Lipinski definition) is 2. The largest absolute Gasteiger partial charge is 0.383 e. The molecule has 0 aliphatic heterocycles. The molecule has 0 fully saturated rings. The lowest BCUT2D eigenvalue weighted by atomic mass is 10.2. The number of rotatable bonds is 11. The molecule has 2 rings (SSSR count). The third-order valence-corrected chi connectivity index (χ3v) is 5.14. The summed E-state index contributed by atoms with van der Waals surface area (Å²) in [5, 5.41) is 0. The molecule has 0 bridgehead atoms. The number of aromatic nitrogens is 2. The van der Waals surface area contributed by atoms with Crippen molar-refractivity contribution < 1.29 is 4.79 Å². The van der Waals surface area contributed by atoms with Crippen LogP contribution in [0.4, 0.5) is 17.2 Å². The summed E-state index contributed by atoms with van der Waals surface area (Å²) < 4.78 is 1.39. The molecule has 1 heterocycles. The maximum Gasteiger partial charge on any atom is 0.330 e. The lowest BCUT2D eigenvalue weighted by molar-refractivity contribution is -0.117. The minimum absolute atomic E-state index is 0.00559. The molecule has 0 aliphatic carbocycles. The van der Waals surface area contributed by atoms with Crippen LogP contribution in [-0.2, 0) is 11.3 Å². The van der Waals surface area contributed by atoms with Gasteiger partial charge in [0.15, 0.2) is 0 Å². The van der Waals surface area contributed by atoms with Gasteiger partial charge in [-0.1, -0.05) is 51.3 Å². The van der Waals surface area contributed by atoms with E-state index in [1.807, 2.05) is 37.3 Å². The van der Waals surface area contributed by atoms with E-state index in [-0.39, 0.29) is 24.0 Å². The number of carbonyl (C=O) groups excluding carboxylic acids is 1. The Hall–Kier alpha value is -3.03. The molecule has 30 heavy (non-hydrogen) atoms. The lowest BCUT2D eigenvalue weighted by Crippen LogP contribution is -2.44. The van der Waals surface area contributed by atoms with Gasteiger partial charge in [-0.2, -0.15) is 0 Å². The van der Waals surface area contributed by atoms with Gasteiger partial charge in [-0.15, -0.1) is 0 Å². The highest BCUT2D eigenvalue weighted by molar-refractivity contribution is 5.96. The van der Waals surface area contributed by atoms with Gasteiger partial charge in [-0.25, -0.2) is 4.79 Å². The number of para-hydroxylation sites is 1. The van der Waals surface area contributed by atoms with Gasteiger partial charge >= 0.3 is 5.69 Å². The summed E-state index contributed by atoms with van der Waals surface area (Å²) >= 11 is 0. The number of nitrogens with zero attached hydrogens (tertiary/aromatic N) is 3. The molecule has 0 aliphatic rings. The number of hydrogen-bond acceptors (Lipinski definition) is 5. The van der Waals surface area contributed by atoms with Crippen LogP contribution < -0.4 is 26.8 Å². The molecule has 1 aromatic heterocycles. The predicted molar refractivity (Wildman–Crippen MR) is 122 cm³/mol. The summed E-state index contributed by atoms with van der Waals surface area (Å²) in [6.07, 6.45) is 4.44. The first-order valence-corrected chi connectivity index (χ1v) is 10.6. The molecule has 0 unspecified atom stereocenters. The van der Waals surface area contributed by atoms with Crippen LogP contribution in [0.15, 0.2) is 39.9 Å². The molecule has 0 radical (unpaired) electrons. The predicted octanol–water partition coefficient (Wildman–Crippen LogP) is 2.58. The van der Waals surface area contributed by atoms with Gasteiger partial charge in [0.05, 0.1) is 6.54 Å². The number of benzene rings is 1. The Morgan fingerprint density at radius 3 is 2.37 bits per heavy atom. The SMILES string of the molecule is CCCCCN(CC(=O)N(C)c1ccccc1)c1c(N)n(CCCC)c(=O)[nH]c1=O. The van der Waals surface area contributed by atoms with Crippen molar-refractivity contribution in [3.05, 3.63) is 51.2 Å². The monoisotopic (exact) mass is 415 g/mol. The smallest absolute Gasteiger partial charge is 0.330 e. The molecule has 2 aromatic rings. The second-order valence-electron chi connectivity index (χ2n) is 7.42. The topological polar surface area (TPSA) is 104 Å². The molecule has 8 heteroatoms. The number of anilines is 3. The van der Waals surface area contributed by atoms with E-state index in [0.717, 1.165) is 37.8 Å². The second-order valence-corrected chi connectivity index (χ2v) is 7.42. The van der Waals surface area contributed by atoms with Gasteiger partial charge in [-0.05, 0) is 25.0 Å². The number of carbonyl (C=O) groups is 1. The van der Waals surface area contributed by atoms with Crippen LogP contribution in [0, 0.1) is 0 Å². The van der Waals surface area contributed by atoms with Crippen LogP contribution in [0.5, 0.6) is 0 Å². The number of nitrogens with two attached hydrogens (primary N) is 1. The fraction of sp³-hybridized carbons (Fsp3) is 0.500. The van der Waals surface area contributed by atoms with Crippen molar-refractivity contribution in [2.45, 2.75) is 52.5 Å². The molecular weight excluding hydrogens is 382 g/mol. The van der Waals surface area contributed by atoms with Crippen LogP contribution in [0.2, 0.25) is 0 Å². The summed E-state index contributed by atoms with van der Waals surface area (Å²) in [4.78, 5) is 43.5. The van der Waals surface area contributed by atoms with Crippen LogP contribution in [0.3, 0.4) is 0 Å². The standard InChI is InChI=1S/C22H33N5O3/c1-4-6-11-14-26(16-18(28)25(3)17-12-9-8-10-13-17)19-20(23)27(15-7-5-2)22(30)24-21(19)29/h8-10,12-13H,4-7,11,14-16,23H2,1-3H3,(H,24,29,30). The van der Waals surface area contributed by atoms with Gasteiger partial charge in [0.1, 0.15) is 11.5 Å². The number of aromatic amines is 1. The molecule has 0 saturated heterocycles. The minimum Gasteiger partial charge on any atom is -0.383 e. The van der Waals surface area contributed by atoms with E-state index in [0.29, 0.717) is 13.1 Å². The first-order valence-electron chi connectivity index (χ1n) is 10.6. The average molecular weight is 416 g/mol. The lowest BCUT2D eigenvalue weighted by Gasteiger charge is -2.28. The van der Waals surface area contributed by atoms with E-state index in [4.69, 9.17) is 5.73 Å². The highest BCUT2D eigenvalue weighted by Crippen LogP contribution is 2.19. The fourth-order valence-corrected chi connectivity index (χ4v) is 3.31. The number of likely N-dealkylation sites (N-methyl/N-ethyl adjacent to an activating group) is 1. The molecule has 0 atom stereocenters. The van der Waals surface area contributed by atoms with Crippen LogP contribution in [-0.4, -0.2) is 35.6 Å². The van der Waals surface area contributed by atoms with Gasteiger partial charge in [-0.3, -0.25) is 19.1 Å². The Morgan fingerprint density at radius 1 is 1.07 bits per heavy atom. The molecule has 0 saturated carbocycles. The summed E-state index contributed by atoms with van der Waals surface area (Å²) in [6.45, 7) is 5.02. The maximum absolute atomic E-state index is 13.0. The number of H-pyrrole nitrogens is 1. The summed E-state index contributed by atoms with van der Waals surface area (Å²) in [7, 11) is 1.71. The highest BCUT2D eigenvalue weighted by atomic mass is 16.2. The van der Waals surface area contributed by atoms with Gasteiger partial charge in [0, 0.05) is 25.8 Å². The second kappa shape index (κ2) is 11.2. The van der Waals surface area contributed by atoms with Crippen molar-refractivity contribution in [1.82, 2.24) is 9.55 Å². The molecule has 3 N–H and O–H groups in total. The Kier molecular flexibility index (Phi) is 8.70. The molecule has 1 aromatic carbocycles. The first kappa shape index (κ1) is 23.3. The Morgan fingerprint density at radius 2 is 1.73 bits per heavy atom. The number of amides is 1. The van der Waals surface area contributed by atoms with E-state index in [2.05, 4.69) is 11.9 Å². The number of nitrogens with one attached hydrogen (secondary N) is 1. The zero-order valence-corrected chi connectivity index (χ0v) is 18.2. The van der Waals surface area contributed by atoms with Crippen LogP contribution in [0.1, 0.15) is 46.0 Å².